The van der Waals surface area contributed by atoms with Gasteiger partial charge in [-0.3, -0.25) is 4.79 Å². The fourth-order valence-corrected chi connectivity index (χ4v) is 3.21. The molecule has 1 amide bonds. The van der Waals surface area contributed by atoms with Crippen molar-refractivity contribution in [1.82, 2.24) is 14.8 Å². The third kappa shape index (κ3) is 4.48. The molecule has 0 spiro atoms. The highest BCUT2D eigenvalue weighted by Crippen LogP contribution is 2.22. The van der Waals surface area contributed by atoms with E-state index in [1.54, 1.807) is 0 Å². The van der Waals surface area contributed by atoms with Crippen molar-refractivity contribution in [2.24, 2.45) is 5.73 Å². The highest BCUT2D eigenvalue weighted by atomic mass is 32.2. The zero-order valence-corrected chi connectivity index (χ0v) is 14.1. The van der Waals surface area contributed by atoms with E-state index in [4.69, 9.17) is 15.2 Å². The smallest absolute Gasteiger partial charge is 0.227 e. The third-order valence-electron chi connectivity index (χ3n) is 3.66. The zero-order valence-electron chi connectivity index (χ0n) is 13.3. The first kappa shape index (κ1) is 16.8. The molecule has 8 heteroatoms. The molecule has 7 nitrogen and oxygen atoms in total. The van der Waals surface area contributed by atoms with Crippen LogP contribution in [0.1, 0.15) is 18.7 Å². The van der Waals surface area contributed by atoms with Gasteiger partial charge in [-0.1, -0.05) is 30.0 Å². The van der Waals surface area contributed by atoms with E-state index in [1.165, 1.54) is 11.8 Å². The van der Waals surface area contributed by atoms with Gasteiger partial charge in [0.25, 0.3) is 0 Å². The maximum Gasteiger partial charge on any atom is 0.227 e. The van der Waals surface area contributed by atoms with Crippen molar-refractivity contribution < 1.29 is 14.3 Å². The summed E-state index contributed by atoms with van der Waals surface area (Å²) in [6, 6.07) is 9.56. The van der Waals surface area contributed by atoms with Crippen molar-refractivity contribution >= 4 is 17.7 Å². The Morgan fingerprint density at radius 1 is 1.38 bits per heavy atom. The van der Waals surface area contributed by atoms with Crippen LogP contribution in [0.5, 0.6) is 5.75 Å². The summed E-state index contributed by atoms with van der Waals surface area (Å²) in [5.41, 5.74) is 5.23. The zero-order chi connectivity index (χ0) is 16.8. The molecule has 0 bridgehead atoms. The molecule has 2 N–H and O–H groups in total. The van der Waals surface area contributed by atoms with Crippen molar-refractivity contribution in [2.45, 2.75) is 37.3 Å². The minimum atomic E-state index is -0.381. The van der Waals surface area contributed by atoms with Gasteiger partial charge in [-0.15, -0.1) is 10.2 Å². The Kier molecular flexibility index (Phi) is 5.71. The summed E-state index contributed by atoms with van der Waals surface area (Å²) in [6.07, 6.45) is 2.22. The van der Waals surface area contributed by atoms with Gasteiger partial charge in [0.05, 0.1) is 18.4 Å². The number of hydrogen-bond acceptors (Lipinski definition) is 6. The van der Waals surface area contributed by atoms with Gasteiger partial charge in [-0.2, -0.15) is 0 Å². The quantitative estimate of drug-likeness (QED) is 0.729. The minimum Gasteiger partial charge on any atom is -0.486 e. The maximum atomic E-state index is 11.0. The molecule has 1 fully saturated rings. The van der Waals surface area contributed by atoms with Crippen LogP contribution in [0.25, 0.3) is 0 Å². The molecule has 1 atom stereocenters. The molecular weight excluding hydrogens is 328 g/mol. The Morgan fingerprint density at radius 3 is 2.92 bits per heavy atom. The van der Waals surface area contributed by atoms with Crippen LogP contribution < -0.4 is 10.5 Å². The van der Waals surface area contributed by atoms with Gasteiger partial charge >= 0.3 is 0 Å². The van der Waals surface area contributed by atoms with Gasteiger partial charge in [0.2, 0.25) is 5.91 Å². The summed E-state index contributed by atoms with van der Waals surface area (Å²) in [5.74, 6) is 1.27. The highest BCUT2D eigenvalue weighted by molar-refractivity contribution is 7.99. The van der Waals surface area contributed by atoms with Crippen molar-refractivity contribution in [2.75, 3.05) is 12.4 Å². The number of para-hydroxylation sites is 1. The Bertz CT molecular complexity index is 671. The number of carbonyl (C=O) groups is 1. The number of carbonyl (C=O) groups excluding carboxylic acids is 1. The first-order valence-corrected chi connectivity index (χ1v) is 8.83. The van der Waals surface area contributed by atoms with Crippen LogP contribution in [0, 0.1) is 0 Å². The average Bonchev–Trinajstić information content (AvgIpc) is 3.23. The first-order chi connectivity index (χ1) is 11.7. The number of primary amides is 1. The summed E-state index contributed by atoms with van der Waals surface area (Å²) in [5, 5.41) is 9.05. The molecule has 1 aromatic heterocycles. The Hall–Kier alpha value is -2.06. The van der Waals surface area contributed by atoms with E-state index < -0.39 is 0 Å². The number of nitrogens with zero attached hydrogens (tertiary/aromatic N) is 3. The van der Waals surface area contributed by atoms with E-state index in [2.05, 4.69) is 10.2 Å². The van der Waals surface area contributed by atoms with Crippen LogP contribution in [0.4, 0.5) is 0 Å². The lowest BCUT2D eigenvalue weighted by Gasteiger charge is -2.14. The van der Waals surface area contributed by atoms with Gasteiger partial charge in [0, 0.05) is 6.61 Å². The molecule has 0 radical (unpaired) electrons. The summed E-state index contributed by atoms with van der Waals surface area (Å²) >= 11 is 1.28. The van der Waals surface area contributed by atoms with Crippen molar-refractivity contribution in [3.05, 3.63) is 36.2 Å². The van der Waals surface area contributed by atoms with Crippen molar-refractivity contribution in [1.29, 1.82) is 0 Å². The van der Waals surface area contributed by atoms with E-state index in [0.717, 1.165) is 25.2 Å². The predicted octanol–water partition coefficient (Wildman–Crippen LogP) is 1.61. The van der Waals surface area contributed by atoms with Gasteiger partial charge in [0.1, 0.15) is 12.4 Å². The normalized spacial score (nSPS) is 17.1. The van der Waals surface area contributed by atoms with E-state index in [9.17, 15) is 4.79 Å². The second-order valence-electron chi connectivity index (χ2n) is 5.50. The number of hydrogen-bond donors (Lipinski definition) is 1. The standard InChI is InChI=1S/C16H20N4O3S/c17-14(21)11-24-16-19-18-15(10-23-12-5-2-1-3-6-12)20(16)9-13-7-4-8-22-13/h1-3,5-6,13H,4,7-11H2,(H2,17,21)/t13-/m0/s1. The summed E-state index contributed by atoms with van der Waals surface area (Å²) in [4.78, 5) is 11.0. The fourth-order valence-electron chi connectivity index (χ4n) is 2.51. The lowest BCUT2D eigenvalue weighted by molar-refractivity contribution is -0.115. The van der Waals surface area contributed by atoms with E-state index in [-0.39, 0.29) is 17.8 Å². The second kappa shape index (κ2) is 8.16. The topological polar surface area (TPSA) is 92.3 Å². The van der Waals surface area contributed by atoms with Crippen molar-refractivity contribution in [3.63, 3.8) is 0 Å². The third-order valence-corrected chi connectivity index (χ3v) is 4.65. The average molecular weight is 348 g/mol. The van der Waals surface area contributed by atoms with Gasteiger partial charge < -0.3 is 19.8 Å². The lowest BCUT2D eigenvalue weighted by atomic mass is 10.2. The van der Waals surface area contributed by atoms with Gasteiger partial charge in [-0.25, -0.2) is 0 Å². The Balaban J connectivity index is 1.72. The Morgan fingerprint density at radius 2 is 2.21 bits per heavy atom. The number of amides is 1. The van der Waals surface area contributed by atoms with Crippen LogP contribution in [0.15, 0.2) is 35.5 Å². The molecule has 1 aliphatic rings. The van der Waals surface area contributed by atoms with E-state index in [0.29, 0.717) is 24.1 Å². The summed E-state index contributed by atoms with van der Waals surface area (Å²) in [7, 11) is 0. The molecule has 0 aliphatic carbocycles. The molecule has 24 heavy (non-hydrogen) atoms. The molecule has 128 valence electrons. The molecule has 2 heterocycles. The molecule has 0 unspecified atom stereocenters. The summed E-state index contributed by atoms with van der Waals surface area (Å²) < 4.78 is 13.4. The molecular formula is C16H20N4O3S. The fraction of sp³-hybridized carbons (Fsp3) is 0.438. The Labute approximate surface area is 144 Å². The maximum absolute atomic E-state index is 11.0. The number of ether oxygens (including phenoxy) is 2. The predicted molar refractivity (Wildman–Crippen MR) is 89.7 cm³/mol. The number of thioether (sulfide) groups is 1. The van der Waals surface area contributed by atoms with E-state index in [1.807, 2.05) is 34.9 Å². The lowest BCUT2D eigenvalue weighted by Crippen LogP contribution is -2.19. The number of nitrogens with two attached hydrogens (primary N) is 1. The van der Waals surface area contributed by atoms with Crippen LogP contribution in [-0.4, -0.2) is 39.1 Å². The minimum absolute atomic E-state index is 0.143. The van der Waals surface area contributed by atoms with Crippen LogP contribution in [0.2, 0.25) is 0 Å². The number of benzene rings is 1. The molecule has 2 aromatic rings. The first-order valence-electron chi connectivity index (χ1n) is 7.85. The highest BCUT2D eigenvalue weighted by Gasteiger charge is 2.21. The second-order valence-corrected chi connectivity index (χ2v) is 6.44. The molecule has 1 aromatic carbocycles. The largest absolute Gasteiger partial charge is 0.486 e. The number of aromatic nitrogens is 3. The van der Waals surface area contributed by atoms with Crippen LogP contribution in [0.3, 0.4) is 0 Å². The van der Waals surface area contributed by atoms with Gasteiger partial charge in [0.15, 0.2) is 11.0 Å². The molecule has 1 aliphatic heterocycles. The molecule has 3 rings (SSSR count). The van der Waals surface area contributed by atoms with Crippen LogP contribution >= 0.6 is 11.8 Å². The van der Waals surface area contributed by atoms with E-state index >= 15 is 0 Å². The monoisotopic (exact) mass is 348 g/mol. The SMILES string of the molecule is NC(=O)CSc1nnc(COc2ccccc2)n1C[C@@H]1CCCO1. The van der Waals surface area contributed by atoms with Gasteiger partial charge in [-0.05, 0) is 25.0 Å². The van der Waals surface area contributed by atoms with Crippen LogP contribution in [-0.2, 0) is 22.7 Å². The van der Waals surface area contributed by atoms with Crippen molar-refractivity contribution in [3.8, 4) is 5.75 Å². The molecule has 1 saturated heterocycles. The summed E-state index contributed by atoms with van der Waals surface area (Å²) in [6.45, 7) is 1.74. The number of rotatable bonds is 8. The molecule has 0 saturated carbocycles.